The van der Waals surface area contributed by atoms with Crippen molar-refractivity contribution >= 4 is 0 Å². The lowest BCUT2D eigenvalue weighted by molar-refractivity contribution is -0.0630. The summed E-state index contributed by atoms with van der Waals surface area (Å²) < 4.78 is 6.03. The molecule has 0 amide bonds. The molecule has 124 valence electrons. The Morgan fingerprint density at radius 2 is 1.86 bits per heavy atom. The van der Waals surface area contributed by atoms with Crippen LogP contribution in [-0.2, 0) is 4.74 Å². The molecule has 1 saturated carbocycles. The predicted octanol–water partition coefficient (Wildman–Crippen LogP) is 1.83. The Labute approximate surface area is 130 Å². The molecule has 1 N–H and O–H groups in total. The van der Waals surface area contributed by atoms with Gasteiger partial charge in [0.25, 0.3) is 0 Å². The molecule has 0 unspecified atom stereocenters. The van der Waals surface area contributed by atoms with Crippen LogP contribution >= 0.6 is 0 Å². The first-order chi connectivity index (χ1) is 9.84. The molecule has 4 heteroatoms. The van der Waals surface area contributed by atoms with Crippen LogP contribution in [-0.4, -0.2) is 73.5 Å². The van der Waals surface area contributed by atoms with Crippen LogP contribution in [0.4, 0.5) is 0 Å². The van der Waals surface area contributed by atoms with Gasteiger partial charge in [-0.3, -0.25) is 4.90 Å². The van der Waals surface area contributed by atoms with Crippen LogP contribution < -0.4 is 0 Å². The zero-order chi connectivity index (χ0) is 15.5. The van der Waals surface area contributed by atoms with Gasteiger partial charge in [-0.05, 0) is 37.6 Å². The summed E-state index contributed by atoms with van der Waals surface area (Å²) in [5.41, 5.74) is 0.380. The summed E-state index contributed by atoms with van der Waals surface area (Å²) in [6.07, 6.45) is 3.53. The van der Waals surface area contributed by atoms with Gasteiger partial charge in [0.15, 0.2) is 0 Å². The average Bonchev–Trinajstić information content (AvgIpc) is 2.37. The third kappa shape index (κ3) is 5.85. The number of hydrogen-bond acceptors (Lipinski definition) is 4. The molecule has 1 aliphatic carbocycles. The highest BCUT2D eigenvalue weighted by molar-refractivity contribution is 4.83. The van der Waals surface area contributed by atoms with E-state index in [0.717, 1.165) is 51.5 Å². The van der Waals surface area contributed by atoms with Crippen LogP contribution in [0, 0.1) is 11.3 Å². The minimum Gasteiger partial charge on any atom is -0.389 e. The van der Waals surface area contributed by atoms with Crippen LogP contribution in [0.15, 0.2) is 0 Å². The third-order valence-electron chi connectivity index (χ3n) is 4.94. The van der Waals surface area contributed by atoms with Crippen molar-refractivity contribution in [1.82, 2.24) is 9.80 Å². The van der Waals surface area contributed by atoms with E-state index < -0.39 is 0 Å². The van der Waals surface area contributed by atoms with Crippen molar-refractivity contribution in [2.24, 2.45) is 11.3 Å². The maximum Gasteiger partial charge on any atom is 0.0900 e. The zero-order valence-corrected chi connectivity index (χ0v) is 14.3. The molecule has 4 nitrogen and oxygen atoms in total. The second kappa shape index (κ2) is 7.40. The van der Waals surface area contributed by atoms with Gasteiger partial charge in [0.05, 0.1) is 18.8 Å². The molecule has 0 bridgehead atoms. The van der Waals surface area contributed by atoms with E-state index in [-0.39, 0.29) is 6.10 Å². The molecule has 0 aromatic heterocycles. The fraction of sp³-hybridized carbons (Fsp3) is 1.00. The van der Waals surface area contributed by atoms with Gasteiger partial charge in [-0.2, -0.15) is 0 Å². The Morgan fingerprint density at radius 3 is 2.48 bits per heavy atom. The first-order valence-electron chi connectivity index (χ1n) is 8.54. The van der Waals surface area contributed by atoms with Crippen LogP contribution in [0.25, 0.3) is 0 Å². The van der Waals surface area contributed by atoms with Crippen molar-refractivity contribution < 1.29 is 9.84 Å². The third-order valence-corrected chi connectivity index (χ3v) is 4.94. The molecule has 2 rings (SSSR count). The Balaban J connectivity index is 1.67. The lowest BCUT2D eigenvalue weighted by Crippen LogP contribution is -2.47. The van der Waals surface area contributed by atoms with Crippen molar-refractivity contribution in [3.8, 4) is 0 Å². The summed E-state index contributed by atoms with van der Waals surface area (Å²) in [4.78, 5) is 4.69. The molecule has 1 heterocycles. The van der Waals surface area contributed by atoms with Crippen molar-refractivity contribution in [1.29, 1.82) is 0 Å². The van der Waals surface area contributed by atoms with E-state index in [2.05, 4.69) is 37.6 Å². The van der Waals surface area contributed by atoms with E-state index in [1.54, 1.807) is 0 Å². The van der Waals surface area contributed by atoms with Crippen molar-refractivity contribution in [2.45, 2.75) is 52.2 Å². The molecule has 0 aromatic rings. The molecule has 0 spiro atoms. The van der Waals surface area contributed by atoms with E-state index >= 15 is 0 Å². The second-order valence-corrected chi connectivity index (χ2v) is 8.13. The molecule has 1 saturated heterocycles. The van der Waals surface area contributed by atoms with E-state index in [9.17, 15) is 5.11 Å². The molecule has 2 fully saturated rings. The Bertz CT molecular complexity index is 314. The summed E-state index contributed by atoms with van der Waals surface area (Å²) in [6, 6.07) is 0. The summed E-state index contributed by atoms with van der Waals surface area (Å²) in [6.45, 7) is 12.5. The van der Waals surface area contributed by atoms with E-state index in [0.29, 0.717) is 18.1 Å². The van der Waals surface area contributed by atoms with Gasteiger partial charge in [0, 0.05) is 32.7 Å². The number of hydrogen-bond donors (Lipinski definition) is 1. The highest BCUT2D eigenvalue weighted by Crippen LogP contribution is 2.39. The highest BCUT2D eigenvalue weighted by Gasteiger charge is 2.32. The minimum absolute atomic E-state index is 0.325. The first kappa shape index (κ1) is 17.2. The number of β-amino-alcohol motifs (C(OH)–C–C–N with tert-alkyl or cyclic N) is 1. The Hall–Kier alpha value is -0.160. The molecule has 1 aliphatic heterocycles. The topological polar surface area (TPSA) is 35.9 Å². The largest absolute Gasteiger partial charge is 0.389 e. The van der Waals surface area contributed by atoms with E-state index in [4.69, 9.17) is 4.74 Å². The SMILES string of the molecule is C[C@H]1C[C@@H](OC[C@H](O)CN2CCN(C)CC2)CC(C)(C)C1. The lowest BCUT2D eigenvalue weighted by Gasteiger charge is -2.39. The summed E-state index contributed by atoms with van der Waals surface area (Å²) in [5, 5.41) is 10.2. The fourth-order valence-corrected chi connectivity index (χ4v) is 4.01. The average molecular weight is 298 g/mol. The molecular weight excluding hydrogens is 264 g/mol. The standard InChI is InChI=1S/C17H34N2O2/c1-14-9-16(11-17(2,3)10-14)21-13-15(20)12-19-7-5-18(4)6-8-19/h14-16,20H,5-13H2,1-4H3/t14-,15+,16+/m0/s1. The number of piperazine rings is 1. The van der Waals surface area contributed by atoms with Crippen LogP contribution in [0.3, 0.4) is 0 Å². The number of aliphatic hydroxyl groups is 1. The van der Waals surface area contributed by atoms with Gasteiger partial charge in [-0.1, -0.05) is 20.8 Å². The minimum atomic E-state index is -0.353. The smallest absolute Gasteiger partial charge is 0.0900 e. The lowest BCUT2D eigenvalue weighted by atomic mass is 9.71. The quantitative estimate of drug-likeness (QED) is 0.840. The molecule has 0 aromatic carbocycles. The molecule has 0 radical (unpaired) electrons. The van der Waals surface area contributed by atoms with Gasteiger partial charge < -0.3 is 14.7 Å². The van der Waals surface area contributed by atoms with Crippen molar-refractivity contribution in [3.05, 3.63) is 0 Å². The van der Waals surface area contributed by atoms with Gasteiger partial charge in [-0.25, -0.2) is 0 Å². The first-order valence-corrected chi connectivity index (χ1v) is 8.54. The number of ether oxygens (including phenoxy) is 1. The van der Waals surface area contributed by atoms with Crippen LogP contribution in [0.2, 0.25) is 0 Å². The van der Waals surface area contributed by atoms with Crippen LogP contribution in [0.1, 0.15) is 40.0 Å². The number of rotatable bonds is 5. The summed E-state index contributed by atoms with van der Waals surface area (Å²) in [5.74, 6) is 0.730. The molecular formula is C17H34N2O2. The number of nitrogens with zero attached hydrogens (tertiary/aromatic N) is 2. The van der Waals surface area contributed by atoms with Gasteiger partial charge in [-0.15, -0.1) is 0 Å². The monoisotopic (exact) mass is 298 g/mol. The zero-order valence-electron chi connectivity index (χ0n) is 14.3. The maximum atomic E-state index is 10.2. The second-order valence-electron chi connectivity index (χ2n) is 8.13. The van der Waals surface area contributed by atoms with Crippen molar-refractivity contribution in [3.63, 3.8) is 0 Å². The van der Waals surface area contributed by atoms with Crippen molar-refractivity contribution in [2.75, 3.05) is 46.4 Å². The highest BCUT2D eigenvalue weighted by atomic mass is 16.5. The Kier molecular flexibility index (Phi) is 6.06. The summed E-state index contributed by atoms with van der Waals surface area (Å²) >= 11 is 0. The van der Waals surface area contributed by atoms with Crippen LogP contribution in [0.5, 0.6) is 0 Å². The van der Waals surface area contributed by atoms with E-state index in [1.165, 1.54) is 6.42 Å². The van der Waals surface area contributed by atoms with Gasteiger partial charge in [0.1, 0.15) is 0 Å². The van der Waals surface area contributed by atoms with Gasteiger partial charge in [0.2, 0.25) is 0 Å². The molecule has 3 atom stereocenters. The summed E-state index contributed by atoms with van der Waals surface area (Å²) in [7, 11) is 2.16. The fourth-order valence-electron chi connectivity index (χ4n) is 4.01. The Morgan fingerprint density at radius 1 is 1.19 bits per heavy atom. The maximum absolute atomic E-state index is 10.2. The number of aliphatic hydroxyl groups excluding tert-OH is 1. The van der Waals surface area contributed by atoms with Gasteiger partial charge >= 0.3 is 0 Å². The molecule has 2 aliphatic rings. The molecule has 21 heavy (non-hydrogen) atoms. The normalized spacial score (nSPS) is 33.0. The number of likely N-dealkylation sites (N-methyl/N-ethyl adjacent to an activating group) is 1. The van der Waals surface area contributed by atoms with E-state index in [1.807, 2.05) is 0 Å². The predicted molar refractivity (Wildman–Crippen MR) is 86.5 cm³/mol.